The predicted molar refractivity (Wildman–Crippen MR) is 81.9 cm³/mol. The van der Waals surface area contributed by atoms with Gasteiger partial charge in [0.05, 0.1) is 0 Å². The molecule has 2 rings (SSSR count). The van der Waals surface area contributed by atoms with Crippen LogP contribution in [0, 0.1) is 5.92 Å². The van der Waals surface area contributed by atoms with Crippen molar-refractivity contribution in [1.29, 1.82) is 0 Å². The number of rotatable bonds is 4. The summed E-state index contributed by atoms with van der Waals surface area (Å²) in [4.78, 5) is 2.19. The summed E-state index contributed by atoms with van der Waals surface area (Å²) in [5.41, 5.74) is 0. The van der Waals surface area contributed by atoms with Gasteiger partial charge < -0.3 is 4.90 Å². The quantitative estimate of drug-likeness (QED) is 0.840. The van der Waals surface area contributed by atoms with Crippen LogP contribution in [0.5, 0.6) is 0 Å². The van der Waals surface area contributed by atoms with Crippen LogP contribution in [0.1, 0.15) is 27.2 Å². The van der Waals surface area contributed by atoms with Crippen LogP contribution in [0.25, 0.3) is 10.8 Å². The zero-order valence-corrected chi connectivity index (χ0v) is 12.6. The summed E-state index contributed by atoms with van der Waals surface area (Å²) < 4.78 is 0. The van der Waals surface area contributed by atoms with Crippen molar-refractivity contribution in [2.75, 3.05) is 11.9 Å². The van der Waals surface area contributed by atoms with Gasteiger partial charge in [0.15, 0.2) is 11.0 Å². The lowest BCUT2D eigenvalue weighted by atomic mass is 10.0. The van der Waals surface area contributed by atoms with Crippen LogP contribution in [0.2, 0.25) is 5.15 Å². The minimum Gasteiger partial charge on any atom is -0.355 e. The van der Waals surface area contributed by atoms with Crippen molar-refractivity contribution < 1.29 is 0 Å². The highest BCUT2D eigenvalue weighted by atomic mass is 35.5. The van der Waals surface area contributed by atoms with Gasteiger partial charge >= 0.3 is 0 Å². The number of benzene rings is 1. The van der Waals surface area contributed by atoms with E-state index in [-0.39, 0.29) is 0 Å². The van der Waals surface area contributed by atoms with Crippen molar-refractivity contribution in [3.8, 4) is 0 Å². The average molecular weight is 278 g/mol. The Balaban J connectivity index is 2.42. The summed E-state index contributed by atoms with van der Waals surface area (Å²) in [6, 6.07) is 8.42. The molecule has 0 spiro atoms. The average Bonchev–Trinajstić information content (AvgIpc) is 2.38. The summed E-state index contributed by atoms with van der Waals surface area (Å²) in [6.45, 7) is 6.68. The minimum absolute atomic E-state index is 0.416. The van der Waals surface area contributed by atoms with Crippen molar-refractivity contribution >= 4 is 28.2 Å². The molecule has 0 saturated heterocycles. The van der Waals surface area contributed by atoms with Crippen LogP contribution in [0.4, 0.5) is 5.82 Å². The molecule has 19 heavy (non-hydrogen) atoms. The summed E-state index contributed by atoms with van der Waals surface area (Å²) in [6.07, 6.45) is 1.12. The molecule has 0 radical (unpaired) electrons. The van der Waals surface area contributed by atoms with Crippen LogP contribution in [-0.4, -0.2) is 23.3 Å². The lowest BCUT2D eigenvalue weighted by Crippen LogP contribution is -2.31. The van der Waals surface area contributed by atoms with E-state index in [0.717, 1.165) is 23.0 Å². The zero-order chi connectivity index (χ0) is 14.0. The fraction of sp³-hybridized carbons (Fsp3) is 0.467. The molecule has 0 fully saturated rings. The Morgan fingerprint density at radius 3 is 2.37 bits per heavy atom. The summed E-state index contributed by atoms with van der Waals surface area (Å²) in [7, 11) is 2.07. The molecule has 1 aromatic carbocycles. The molecule has 1 unspecified atom stereocenters. The Bertz CT molecular complexity index is 568. The number of anilines is 1. The van der Waals surface area contributed by atoms with Gasteiger partial charge in [-0.1, -0.05) is 49.7 Å². The number of hydrogen-bond donors (Lipinski definition) is 0. The topological polar surface area (TPSA) is 29.0 Å². The van der Waals surface area contributed by atoms with Gasteiger partial charge in [0.1, 0.15) is 0 Å². The van der Waals surface area contributed by atoms with Gasteiger partial charge in [-0.05, 0) is 19.3 Å². The third-order valence-electron chi connectivity index (χ3n) is 3.43. The van der Waals surface area contributed by atoms with E-state index in [2.05, 4.69) is 42.9 Å². The molecule has 0 saturated carbocycles. The molecule has 0 bridgehead atoms. The van der Waals surface area contributed by atoms with Crippen LogP contribution >= 0.6 is 11.6 Å². The maximum Gasteiger partial charge on any atom is 0.159 e. The highest BCUT2D eigenvalue weighted by molar-refractivity contribution is 6.34. The van der Waals surface area contributed by atoms with Crippen molar-refractivity contribution in [2.45, 2.75) is 33.2 Å². The molecular weight excluding hydrogens is 258 g/mol. The molecule has 1 aromatic heterocycles. The Kier molecular flexibility index (Phi) is 4.25. The largest absolute Gasteiger partial charge is 0.355 e. The first-order valence-corrected chi connectivity index (χ1v) is 7.02. The summed E-state index contributed by atoms with van der Waals surface area (Å²) in [5, 5.41) is 10.8. The Hall–Kier alpha value is -1.35. The van der Waals surface area contributed by atoms with E-state index in [1.54, 1.807) is 0 Å². The first kappa shape index (κ1) is 14.1. The lowest BCUT2D eigenvalue weighted by Gasteiger charge is -2.27. The highest BCUT2D eigenvalue weighted by Gasteiger charge is 2.16. The number of halogens is 1. The minimum atomic E-state index is 0.416. The molecule has 3 nitrogen and oxygen atoms in total. The second kappa shape index (κ2) is 5.74. The van der Waals surface area contributed by atoms with Gasteiger partial charge in [0, 0.05) is 23.9 Å². The third-order valence-corrected chi connectivity index (χ3v) is 3.71. The molecule has 0 aliphatic carbocycles. The maximum atomic E-state index is 6.11. The summed E-state index contributed by atoms with van der Waals surface area (Å²) in [5.74, 6) is 1.55. The molecule has 102 valence electrons. The van der Waals surface area contributed by atoms with Crippen molar-refractivity contribution in [2.24, 2.45) is 5.92 Å². The Morgan fingerprint density at radius 2 is 1.74 bits per heavy atom. The van der Waals surface area contributed by atoms with Gasteiger partial charge in [-0.2, -0.15) is 0 Å². The number of nitrogens with zero attached hydrogens (tertiary/aromatic N) is 3. The zero-order valence-electron chi connectivity index (χ0n) is 11.9. The van der Waals surface area contributed by atoms with E-state index in [0.29, 0.717) is 17.1 Å². The van der Waals surface area contributed by atoms with Crippen LogP contribution in [0.3, 0.4) is 0 Å². The van der Waals surface area contributed by atoms with Crippen molar-refractivity contribution in [3.05, 3.63) is 29.4 Å². The normalized spacial score (nSPS) is 12.9. The predicted octanol–water partition coefficient (Wildman–Crippen LogP) is 4.15. The SMILES string of the molecule is CC(C)CC(C)N(C)c1nnc(Cl)c2ccccc12. The molecule has 0 N–H and O–H groups in total. The van der Waals surface area contributed by atoms with Gasteiger partial charge in [-0.3, -0.25) is 0 Å². The molecule has 1 atom stereocenters. The standard InChI is InChI=1S/C15H20ClN3/c1-10(2)9-11(3)19(4)15-13-8-6-5-7-12(13)14(16)17-18-15/h5-8,10-11H,9H2,1-4H3. The van der Waals surface area contributed by atoms with E-state index < -0.39 is 0 Å². The first-order valence-electron chi connectivity index (χ1n) is 6.64. The Labute approximate surface area is 119 Å². The van der Waals surface area contributed by atoms with E-state index >= 15 is 0 Å². The lowest BCUT2D eigenvalue weighted by molar-refractivity contribution is 0.502. The molecule has 2 aromatic rings. The monoisotopic (exact) mass is 277 g/mol. The maximum absolute atomic E-state index is 6.11. The van der Waals surface area contributed by atoms with Gasteiger partial charge in [-0.15, -0.1) is 10.2 Å². The van der Waals surface area contributed by atoms with Gasteiger partial charge in [0.25, 0.3) is 0 Å². The van der Waals surface area contributed by atoms with Crippen LogP contribution < -0.4 is 4.90 Å². The van der Waals surface area contributed by atoms with Crippen molar-refractivity contribution in [1.82, 2.24) is 10.2 Å². The van der Waals surface area contributed by atoms with E-state index in [4.69, 9.17) is 11.6 Å². The van der Waals surface area contributed by atoms with Crippen LogP contribution in [-0.2, 0) is 0 Å². The second-order valence-corrected chi connectivity index (χ2v) is 5.81. The fourth-order valence-corrected chi connectivity index (χ4v) is 2.57. The second-order valence-electron chi connectivity index (χ2n) is 5.45. The van der Waals surface area contributed by atoms with Gasteiger partial charge in [0.2, 0.25) is 0 Å². The molecule has 0 amide bonds. The van der Waals surface area contributed by atoms with E-state index in [1.807, 2.05) is 24.3 Å². The smallest absolute Gasteiger partial charge is 0.159 e. The number of hydrogen-bond acceptors (Lipinski definition) is 3. The molecule has 0 aliphatic heterocycles. The molecule has 0 aliphatic rings. The highest BCUT2D eigenvalue weighted by Crippen LogP contribution is 2.29. The molecule has 4 heteroatoms. The fourth-order valence-electron chi connectivity index (χ4n) is 2.37. The van der Waals surface area contributed by atoms with E-state index in [1.165, 1.54) is 0 Å². The van der Waals surface area contributed by atoms with E-state index in [9.17, 15) is 0 Å². The number of fused-ring (bicyclic) bond motifs is 1. The Morgan fingerprint density at radius 1 is 1.11 bits per heavy atom. The molecule has 1 heterocycles. The molecular formula is C15H20ClN3. The summed E-state index contributed by atoms with van der Waals surface area (Å²) >= 11 is 6.11. The van der Waals surface area contributed by atoms with Gasteiger partial charge in [-0.25, -0.2) is 0 Å². The number of aromatic nitrogens is 2. The third kappa shape index (κ3) is 2.98. The first-order chi connectivity index (χ1) is 9.00. The van der Waals surface area contributed by atoms with Crippen LogP contribution in [0.15, 0.2) is 24.3 Å². The van der Waals surface area contributed by atoms with Crippen molar-refractivity contribution in [3.63, 3.8) is 0 Å².